The largest absolute Gasteiger partial charge is 0.465 e. The summed E-state index contributed by atoms with van der Waals surface area (Å²) in [6.45, 7) is 12.9. The molecule has 0 atom stereocenters. The van der Waals surface area contributed by atoms with Crippen LogP contribution >= 0.6 is 11.3 Å². The molecule has 0 fully saturated rings. The van der Waals surface area contributed by atoms with Crippen LogP contribution in [0.2, 0.25) is 0 Å². The van der Waals surface area contributed by atoms with Crippen LogP contribution in [-0.2, 0) is 4.74 Å². The Balaban J connectivity index is 1.88. The fourth-order valence-corrected chi connectivity index (χ4v) is 4.38. The Morgan fingerprint density at radius 2 is 1.47 bits per heavy atom. The van der Waals surface area contributed by atoms with Crippen molar-refractivity contribution in [3.05, 3.63) is 46.0 Å². The van der Waals surface area contributed by atoms with Crippen LogP contribution in [0.1, 0.15) is 53.4 Å². The summed E-state index contributed by atoms with van der Waals surface area (Å²) in [5.74, 6) is -0.305. The monoisotopic (exact) mass is 484 g/mol. The van der Waals surface area contributed by atoms with Crippen molar-refractivity contribution in [2.24, 2.45) is 0 Å². The fourth-order valence-electron chi connectivity index (χ4n) is 3.49. The molecule has 3 amide bonds. The standard InChI is InChI=1S/C24H28N4O5S/c1-11-13(3)19(27-23(32)33-24(5,6)7)14(4)12(2)18(11)26-20(29)15-8-9-16-17(10-15)34-21(25-16)28-22(30)31/h8-10H,1-7H3,(H,25,28)(H,26,29)(H,27,32)(H,30,31). The summed E-state index contributed by atoms with van der Waals surface area (Å²) in [6.07, 6.45) is -1.73. The summed E-state index contributed by atoms with van der Waals surface area (Å²) in [6, 6.07) is 5.00. The maximum Gasteiger partial charge on any atom is 0.412 e. The molecule has 9 nitrogen and oxygen atoms in total. The molecule has 0 radical (unpaired) electrons. The highest BCUT2D eigenvalue weighted by Crippen LogP contribution is 2.35. The summed E-state index contributed by atoms with van der Waals surface area (Å²) in [7, 11) is 0. The van der Waals surface area contributed by atoms with Gasteiger partial charge in [-0.05, 0) is 88.9 Å². The van der Waals surface area contributed by atoms with Crippen molar-refractivity contribution < 1.29 is 24.2 Å². The first kappa shape index (κ1) is 25.0. The lowest BCUT2D eigenvalue weighted by atomic mass is 9.95. The number of nitrogens with zero attached hydrogens (tertiary/aromatic N) is 1. The number of aromatic nitrogens is 1. The highest BCUT2D eigenvalue weighted by Gasteiger charge is 2.22. The third kappa shape index (κ3) is 5.45. The van der Waals surface area contributed by atoms with E-state index < -0.39 is 17.8 Å². The molecule has 0 aliphatic rings. The molecule has 4 N–H and O–H groups in total. The Kier molecular flexibility index (Phi) is 6.83. The molecule has 0 saturated heterocycles. The Labute approximate surface area is 201 Å². The van der Waals surface area contributed by atoms with Crippen molar-refractivity contribution in [1.82, 2.24) is 4.98 Å². The number of ether oxygens (including phenoxy) is 1. The van der Waals surface area contributed by atoms with E-state index in [2.05, 4.69) is 20.9 Å². The molecule has 1 heterocycles. The predicted molar refractivity (Wildman–Crippen MR) is 134 cm³/mol. The van der Waals surface area contributed by atoms with Crippen molar-refractivity contribution in [1.29, 1.82) is 0 Å². The molecule has 0 bridgehead atoms. The third-order valence-corrected chi connectivity index (χ3v) is 6.29. The fraction of sp³-hybridized carbons (Fsp3) is 0.333. The van der Waals surface area contributed by atoms with Crippen molar-refractivity contribution >= 4 is 56.2 Å². The van der Waals surface area contributed by atoms with E-state index in [0.717, 1.165) is 33.6 Å². The Morgan fingerprint density at radius 3 is 2.00 bits per heavy atom. The quantitative estimate of drug-likeness (QED) is 0.348. The van der Waals surface area contributed by atoms with E-state index in [0.29, 0.717) is 27.2 Å². The molecular weight excluding hydrogens is 456 g/mol. The molecule has 2 aromatic carbocycles. The van der Waals surface area contributed by atoms with E-state index in [9.17, 15) is 14.4 Å². The highest BCUT2D eigenvalue weighted by atomic mass is 32.1. The summed E-state index contributed by atoms with van der Waals surface area (Å²) in [5, 5.41) is 17.2. The smallest absolute Gasteiger partial charge is 0.412 e. The molecule has 0 aliphatic carbocycles. The number of benzene rings is 2. The van der Waals surface area contributed by atoms with E-state index in [4.69, 9.17) is 9.84 Å². The first-order valence-electron chi connectivity index (χ1n) is 10.6. The summed E-state index contributed by atoms with van der Waals surface area (Å²) in [5.41, 5.74) is 5.04. The maximum atomic E-state index is 13.1. The minimum Gasteiger partial charge on any atom is -0.465 e. The van der Waals surface area contributed by atoms with Gasteiger partial charge in [0.1, 0.15) is 5.60 Å². The van der Waals surface area contributed by atoms with Gasteiger partial charge >= 0.3 is 12.2 Å². The lowest BCUT2D eigenvalue weighted by molar-refractivity contribution is 0.0635. The minimum atomic E-state index is -1.20. The van der Waals surface area contributed by atoms with Crippen LogP contribution in [-0.4, -0.2) is 33.8 Å². The van der Waals surface area contributed by atoms with Gasteiger partial charge in [-0.1, -0.05) is 11.3 Å². The van der Waals surface area contributed by atoms with Crippen molar-refractivity contribution in [3.8, 4) is 0 Å². The van der Waals surface area contributed by atoms with E-state index in [1.54, 1.807) is 39.0 Å². The van der Waals surface area contributed by atoms with Crippen molar-refractivity contribution in [3.63, 3.8) is 0 Å². The van der Waals surface area contributed by atoms with Crippen molar-refractivity contribution in [2.45, 2.75) is 54.1 Å². The summed E-state index contributed by atoms with van der Waals surface area (Å²) >= 11 is 1.15. The molecule has 10 heteroatoms. The molecule has 3 aromatic rings. The number of carboxylic acid groups (broad SMARTS) is 1. The van der Waals surface area contributed by atoms with E-state index in [-0.39, 0.29) is 11.0 Å². The van der Waals surface area contributed by atoms with Crippen LogP contribution in [0.5, 0.6) is 0 Å². The number of hydrogen-bond acceptors (Lipinski definition) is 6. The van der Waals surface area contributed by atoms with Gasteiger partial charge in [0.2, 0.25) is 0 Å². The Morgan fingerprint density at radius 1 is 0.912 bits per heavy atom. The van der Waals surface area contributed by atoms with Gasteiger partial charge in [-0.15, -0.1) is 0 Å². The number of carbonyl (C=O) groups is 3. The molecule has 0 aliphatic heterocycles. The lowest BCUT2D eigenvalue weighted by Crippen LogP contribution is -2.28. The van der Waals surface area contributed by atoms with Gasteiger partial charge < -0.3 is 15.2 Å². The van der Waals surface area contributed by atoms with Gasteiger partial charge in [0, 0.05) is 11.3 Å². The zero-order valence-corrected chi connectivity index (χ0v) is 21.0. The minimum absolute atomic E-state index is 0.242. The summed E-state index contributed by atoms with van der Waals surface area (Å²) in [4.78, 5) is 40.4. The number of fused-ring (bicyclic) bond motifs is 1. The van der Waals surface area contributed by atoms with Gasteiger partial charge in [-0.25, -0.2) is 14.6 Å². The number of anilines is 3. The lowest BCUT2D eigenvalue weighted by Gasteiger charge is -2.24. The second-order valence-electron chi connectivity index (χ2n) is 8.96. The van der Waals surface area contributed by atoms with Gasteiger partial charge in [-0.2, -0.15) is 0 Å². The van der Waals surface area contributed by atoms with Crippen LogP contribution < -0.4 is 16.0 Å². The maximum absolute atomic E-state index is 13.1. The SMILES string of the molecule is Cc1c(C)c(NC(=O)c2ccc3nc(NC(=O)O)sc3c2)c(C)c(C)c1NC(=O)OC(C)(C)C. The van der Waals surface area contributed by atoms with E-state index in [1.165, 1.54) is 0 Å². The number of nitrogens with one attached hydrogen (secondary N) is 3. The Bertz CT molecular complexity index is 1280. The molecule has 0 unspecified atom stereocenters. The van der Waals surface area contributed by atoms with Crippen molar-refractivity contribution in [2.75, 3.05) is 16.0 Å². The average Bonchev–Trinajstić information content (AvgIpc) is 3.12. The number of thiazole rings is 1. The van der Waals surface area contributed by atoms with Gasteiger partial charge in [0.25, 0.3) is 5.91 Å². The highest BCUT2D eigenvalue weighted by molar-refractivity contribution is 7.22. The third-order valence-electron chi connectivity index (χ3n) is 5.35. The molecule has 1 aromatic heterocycles. The second kappa shape index (κ2) is 9.30. The molecule has 0 spiro atoms. The van der Waals surface area contributed by atoms with Gasteiger partial charge in [0.05, 0.1) is 15.9 Å². The zero-order chi connectivity index (χ0) is 25.4. The number of carbonyl (C=O) groups excluding carboxylic acids is 2. The van der Waals surface area contributed by atoms with Crippen LogP contribution in [0, 0.1) is 27.7 Å². The first-order chi connectivity index (χ1) is 15.8. The topological polar surface area (TPSA) is 130 Å². The summed E-state index contributed by atoms with van der Waals surface area (Å²) < 4.78 is 6.07. The van der Waals surface area contributed by atoms with Crippen LogP contribution in [0.3, 0.4) is 0 Å². The molecule has 180 valence electrons. The van der Waals surface area contributed by atoms with Crippen LogP contribution in [0.25, 0.3) is 10.2 Å². The normalized spacial score (nSPS) is 11.3. The van der Waals surface area contributed by atoms with E-state index in [1.807, 2.05) is 27.7 Å². The van der Waals surface area contributed by atoms with Gasteiger partial charge in [0.15, 0.2) is 5.13 Å². The molecular formula is C24H28N4O5S. The molecule has 34 heavy (non-hydrogen) atoms. The number of amides is 3. The van der Waals surface area contributed by atoms with E-state index >= 15 is 0 Å². The van der Waals surface area contributed by atoms with Crippen LogP contribution in [0.4, 0.5) is 26.1 Å². The second-order valence-corrected chi connectivity index (χ2v) is 9.99. The molecule has 3 rings (SSSR count). The number of rotatable bonds is 4. The van der Waals surface area contributed by atoms with Crippen LogP contribution in [0.15, 0.2) is 18.2 Å². The predicted octanol–water partition coefficient (Wildman–Crippen LogP) is 6.22. The zero-order valence-electron chi connectivity index (χ0n) is 20.2. The average molecular weight is 485 g/mol. The molecule has 0 saturated carbocycles. The number of hydrogen-bond donors (Lipinski definition) is 4. The first-order valence-corrected chi connectivity index (χ1v) is 11.4. The Hall–Kier alpha value is -3.66. The van der Waals surface area contributed by atoms with Gasteiger partial charge in [-0.3, -0.25) is 15.4 Å².